The number of oxime groups is 1. The molecule has 1 amide bonds. The fraction of sp³-hybridized carbons (Fsp3) is 0.846. The summed E-state index contributed by atoms with van der Waals surface area (Å²) in [4.78, 5) is 14.1. The molecule has 0 atom stereocenters. The zero-order chi connectivity index (χ0) is 13.8. The first-order chi connectivity index (χ1) is 8.33. The molecule has 0 bridgehead atoms. The fourth-order valence-corrected chi connectivity index (χ4v) is 2.40. The first-order valence-electron chi connectivity index (χ1n) is 6.59. The standard InChI is InChI=1S/C13H25N3O2/c1-13(2,3)8-12(17)16(9-11(14)15-18)10-6-4-5-7-10/h10,18H,4-9H2,1-3H3,(H2,14,15). The highest BCUT2D eigenvalue weighted by molar-refractivity contribution is 5.87. The Morgan fingerprint density at radius 2 is 1.94 bits per heavy atom. The van der Waals surface area contributed by atoms with Crippen molar-refractivity contribution in [2.75, 3.05) is 6.54 Å². The second-order valence-corrected chi connectivity index (χ2v) is 6.29. The van der Waals surface area contributed by atoms with Crippen molar-refractivity contribution < 1.29 is 10.0 Å². The van der Waals surface area contributed by atoms with Crippen LogP contribution < -0.4 is 5.73 Å². The van der Waals surface area contributed by atoms with Gasteiger partial charge in [0.25, 0.3) is 0 Å². The molecule has 5 heteroatoms. The van der Waals surface area contributed by atoms with E-state index < -0.39 is 0 Å². The van der Waals surface area contributed by atoms with Gasteiger partial charge in [-0.05, 0) is 18.3 Å². The van der Waals surface area contributed by atoms with E-state index in [1.54, 1.807) is 4.90 Å². The molecule has 0 spiro atoms. The fourth-order valence-electron chi connectivity index (χ4n) is 2.40. The summed E-state index contributed by atoms with van der Waals surface area (Å²) in [6.07, 6.45) is 4.84. The van der Waals surface area contributed by atoms with Crippen molar-refractivity contribution in [3.8, 4) is 0 Å². The third kappa shape index (κ3) is 4.55. The Bertz CT molecular complexity index is 315. The molecule has 0 saturated heterocycles. The summed E-state index contributed by atoms with van der Waals surface area (Å²) in [5.74, 6) is 0.199. The molecule has 104 valence electrons. The number of nitrogens with zero attached hydrogens (tertiary/aromatic N) is 2. The summed E-state index contributed by atoms with van der Waals surface area (Å²) < 4.78 is 0. The zero-order valence-electron chi connectivity index (χ0n) is 11.6. The third-order valence-electron chi connectivity index (χ3n) is 3.23. The van der Waals surface area contributed by atoms with Gasteiger partial charge in [-0.15, -0.1) is 0 Å². The SMILES string of the molecule is CC(C)(C)CC(=O)N(CC(N)=NO)C1CCCC1. The number of carbonyl (C=O) groups is 1. The molecule has 0 radical (unpaired) electrons. The Hall–Kier alpha value is -1.26. The van der Waals surface area contributed by atoms with Crippen LogP contribution in [0.25, 0.3) is 0 Å². The van der Waals surface area contributed by atoms with E-state index in [2.05, 4.69) is 5.16 Å². The minimum absolute atomic E-state index is 0.0426. The highest BCUT2D eigenvalue weighted by atomic mass is 16.4. The molecule has 0 aromatic carbocycles. The van der Waals surface area contributed by atoms with E-state index in [1.165, 1.54) is 0 Å². The Morgan fingerprint density at radius 3 is 2.39 bits per heavy atom. The van der Waals surface area contributed by atoms with Crippen LogP contribution in [-0.4, -0.2) is 34.4 Å². The lowest BCUT2D eigenvalue weighted by Crippen LogP contribution is -2.45. The van der Waals surface area contributed by atoms with Gasteiger partial charge in [0.2, 0.25) is 5.91 Å². The van der Waals surface area contributed by atoms with Gasteiger partial charge in [0.1, 0.15) is 0 Å². The maximum Gasteiger partial charge on any atom is 0.223 e. The van der Waals surface area contributed by atoms with Crippen molar-refractivity contribution in [3.63, 3.8) is 0 Å². The highest BCUT2D eigenvalue weighted by Crippen LogP contribution is 2.26. The van der Waals surface area contributed by atoms with E-state index in [4.69, 9.17) is 10.9 Å². The molecule has 5 nitrogen and oxygen atoms in total. The van der Waals surface area contributed by atoms with Gasteiger partial charge in [0.05, 0.1) is 6.54 Å². The molecule has 0 aromatic heterocycles. The summed E-state index contributed by atoms with van der Waals surface area (Å²) >= 11 is 0. The Labute approximate surface area is 109 Å². The molecule has 1 saturated carbocycles. The Kier molecular flexibility index (Phi) is 4.99. The minimum atomic E-state index is -0.0426. The molecule has 1 rings (SSSR count). The Morgan fingerprint density at radius 1 is 1.39 bits per heavy atom. The van der Waals surface area contributed by atoms with Gasteiger partial charge >= 0.3 is 0 Å². The largest absolute Gasteiger partial charge is 0.409 e. The molecule has 1 fully saturated rings. The van der Waals surface area contributed by atoms with E-state index in [0.717, 1.165) is 25.7 Å². The van der Waals surface area contributed by atoms with E-state index >= 15 is 0 Å². The molecule has 18 heavy (non-hydrogen) atoms. The van der Waals surface area contributed by atoms with Crippen LogP contribution >= 0.6 is 0 Å². The van der Waals surface area contributed by atoms with Crippen molar-refractivity contribution >= 4 is 11.7 Å². The van der Waals surface area contributed by atoms with Crippen LogP contribution in [0.4, 0.5) is 0 Å². The summed E-state index contributed by atoms with van der Waals surface area (Å²) in [7, 11) is 0. The second-order valence-electron chi connectivity index (χ2n) is 6.29. The smallest absolute Gasteiger partial charge is 0.223 e. The van der Waals surface area contributed by atoms with Gasteiger partial charge in [0.15, 0.2) is 5.84 Å². The van der Waals surface area contributed by atoms with Gasteiger partial charge in [-0.2, -0.15) is 0 Å². The quantitative estimate of drug-likeness (QED) is 0.349. The normalized spacial score (nSPS) is 18.1. The van der Waals surface area contributed by atoms with Gasteiger partial charge in [-0.3, -0.25) is 4.79 Å². The first kappa shape index (κ1) is 14.8. The van der Waals surface area contributed by atoms with Gasteiger partial charge in [-0.25, -0.2) is 0 Å². The topological polar surface area (TPSA) is 78.9 Å². The molecule has 1 aliphatic carbocycles. The number of rotatable bonds is 4. The summed E-state index contributed by atoms with van der Waals surface area (Å²) in [5.41, 5.74) is 5.51. The number of amidine groups is 1. The van der Waals surface area contributed by atoms with E-state index in [1.807, 2.05) is 20.8 Å². The summed E-state index contributed by atoms with van der Waals surface area (Å²) in [6, 6.07) is 0.250. The lowest BCUT2D eigenvalue weighted by Gasteiger charge is -2.31. The predicted molar refractivity (Wildman–Crippen MR) is 71.4 cm³/mol. The number of carbonyl (C=O) groups excluding carboxylic acids is 1. The van der Waals surface area contributed by atoms with Gasteiger partial charge < -0.3 is 15.8 Å². The van der Waals surface area contributed by atoms with Gasteiger partial charge in [0, 0.05) is 12.5 Å². The van der Waals surface area contributed by atoms with Crippen LogP contribution in [0, 0.1) is 5.41 Å². The van der Waals surface area contributed by atoms with Gasteiger partial charge in [-0.1, -0.05) is 38.8 Å². The van der Waals surface area contributed by atoms with E-state index in [9.17, 15) is 4.79 Å². The molecule has 0 aliphatic heterocycles. The van der Waals surface area contributed by atoms with Crippen LogP contribution in [0.2, 0.25) is 0 Å². The maximum absolute atomic E-state index is 12.3. The molecular formula is C13H25N3O2. The average molecular weight is 255 g/mol. The summed E-state index contributed by atoms with van der Waals surface area (Å²) in [5, 5.41) is 11.6. The molecule has 0 aromatic rings. The van der Waals surface area contributed by atoms with Crippen LogP contribution in [0.3, 0.4) is 0 Å². The molecule has 3 N–H and O–H groups in total. The summed E-state index contributed by atoms with van der Waals surface area (Å²) in [6.45, 7) is 6.36. The van der Waals surface area contributed by atoms with Crippen molar-refractivity contribution in [1.82, 2.24) is 4.90 Å². The molecule has 0 unspecified atom stereocenters. The highest BCUT2D eigenvalue weighted by Gasteiger charge is 2.29. The van der Waals surface area contributed by atoms with Crippen LogP contribution in [0.5, 0.6) is 0 Å². The third-order valence-corrected chi connectivity index (χ3v) is 3.23. The lowest BCUT2D eigenvalue weighted by atomic mass is 9.91. The van der Waals surface area contributed by atoms with Crippen LogP contribution in [-0.2, 0) is 4.79 Å². The maximum atomic E-state index is 12.3. The van der Waals surface area contributed by atoms with Crippen molar-refractivity contribution in [2.45, 2.75) is 58.9 Å². The minimum Gasteiger partial charge on any atom is -0.409 e. The lowest BCUT2D eigenvalue weighted by molar-refractivity contribution is -0.134. The Balaban J connectivity index is 2.72. The first-order valence-corrected chi connectivity index (χ1v) is 6.59. The van der Waals surface area contributed by atoms with E-state index in [0.29, 0.717) is 6.42 Å². The molecule has 1 aliphatic rings. The molecular weight excluding hydrogens is 230 g/mol. The second kappa shape index (κ2) is 6.07. The van der Waals surface area contributed by atoms with Crippen molar-refractivity contribution in [1.29, 1.82) is 0 Å². The van der Waals surface area contributed by atoms with Crippen LogP contribution in [0.1, 0.15) is 52.9 Å². The monoisotopic (exact) mass is 255 g/mol. The number of hydrogen-bond donors (Lipinski definition) is 2. The van der Waals surface area contributed by atoms with E-state index in [-0.39, 0.29) is 29.7 Å². The van der Waals surface area contributed by atoms with Crippen molar-refractivity contribution in [2.24, 2.45) is 16.3 Å². The zero-order valence-corrected chi connectivity index (χ0v) is 11.6. The number of nitrogens with two attached hydrogens (primary N) is 1. The number of amides is 1. The average Bonchev–Trinajstić information content (AvgIpc) is 2.75. The predicted octanol–water partition coefficient (Wildman–Crippen LogP) is 1.94. The molecule has 0 heterocycles. The number of hydrogen-bond acceptors (Lipinski definition) is 3. The van der Waals surface area contributed by atoms with Crippen LogP contribution in [0.15, 0.2) is 5.16 Å². The van der Waals surface area contributed by atoms with Crippen molar-refractivity contribution in [3.05, 3.63) is 0 Å².